The van der Waals surface area contributed by atoms with Crippen LogP contribution >= 0.6 is 0 Å². The van der Waals surface area contributed by atoms with Gasteiger partial charge in [0.2, 0.25) is 5.91 Å². The number of aromatic nitrogens is 3. The van der Waals surface area contributed by atoms with E-state index in [4.69, 9.17) is 9.84 Å². The summed E-state index contributed by atoms with van der Waals surface area (Å²) < 4.78 is 46.8. The minimum absolute atomic E-state index is 0.120. The highest BCUT2D eigenvalue weighted by molar-refractivity contribution is 6.06. The molecular formula is C31H30F3N7O4. The topological polar surface area (TPSA) is 122 Å². The summed E-state index contributed by atoms with van der Waals surface area (Å²) in [5.74, 6) is -0.125. The number of fused-ring (bicyclic) bond motifs is 1. The Labute approximate surface area is 256 Å². The highest BCUT2D eigenvalue weighted by atomic mass is 19.4. The van der Waals surface area contributed by atoms with Crippen LogP contribution < -0.4 is 20.3 Å². The first-order valence-corrected chi connectivity index (χ1v) is 14.4. The van der Waals surface area contributed by atoms with Crippen molar-refractivity contribution in [3.8, 4) is 5.75 Å². The van der Waals surface area contributed by atoms with Crippen LogP contribution in [0.4, 0.5) is 29.5 Å². The maximum atomic E-state index is 13.1. The average Bonchev–Trinajstić information content (AvgIpc) is 3.43. The number of anilines is 2. The maximum Gasteiger partial charge on any atom is 0.416 e. The van der Waals surface area contributed by atoms with Crippen molar-refractivity contribution in [2.24, 2.45) is 0 Å². The molecule has 2 aromatic carbocycles. The van der Waals surface area contributed by atoms with Crippen molar-refractivity contribution in [1.82, 2.24) is 25.0 Å². The van der Waals surface area contributed by atoms with Gasteiger partial charge in [-0.05, 0) is 54.8 Å². The number of alkyl halides is 3. The number of hydrogen-bond donors (Lipinski definition) is 2. The number of halogens is 3. The zero-order valence-electron chi connectivity index (χ0n) is 24.3. The molecule has 0 spiro atoms. The van der Waals surface area contributed by atoms with Gasteiger partial charge in [-0.2, -0.15) is 18.3 Å². The Morgan fingerprint density at radius 1 is 1.09 bits per heavy atom. The van der Waals surface area contributed by atoms with E-state index in [0.29, 0.717) is 35.9 Å². The van der Waals surface area contributed by atoms with Crippen LogP contribution in [-0.4, -0.2) is 64.3 Å². The summed E-state index contributed by atoms with van der Waals surface area (Å²) >= 11 is 0. The minimum atomic E-state index is -4.56. The standard InChI is InChI=1S/C31H30F3N7O4/c1-45-26-16-24-21(15-25(26)36-29(43)20-3-2-4-22(14-20)31(32,33)34)18-41(38-24)23-6-10-39(11-7-23)17-19-5-9-35-27(13-19)40-12-8-28(42)37-30(40)44/h2-5,9,13-16,18,23H,6-8,10-12,17H2,1H3,(H,36,43)(H,37,42,44). The second-order valence-corrected chi connectivity index (χ2v) is 11.0. The third-order valence-corrected chi connectivity index (χ3v) is 8.02. The summed E-state index contributed by atoms with van der Waals surface area (Å²) in [7, 11) is 1.45. The van der Waals surface area contributed by atoms with E-state index in [9.17, 15) is 27.6 Å². The molecule has 2 saturated heterocycles. The van der Waals surface area contributed by atoms with Gasteiger partial charge in [0.05, 0.1) is 29.9 Å². The van der Waals surface area contributed by atoms with Crippen molar-refractivity contribution in [3.05, 3.63) is 77.6 Å². The lowest BCUT2D eigenvalue weighted by molar-refractivity contribution is -0.137. The number of benzene rings is 2. The summed E-state index contributed by atoms with van der Waals surface area (Å²) in [6.45, 7) is 2.61. The fourth-order valence-electron chi connectivity index (χ4n) is 5.65. The molecule has 0 aliphatic carbocycles. The number of carbonyl (C=O) groups is 3. The number of pyridine rings is 1. The second-order valence-electron chi connectivity index (χ2n) is 11.0. The number of piperidine rings is 1. The molecule has 6 rings (SSSR count). The zero-order chi connectivity index (χ0) is 31.7. The second kappa shape index (κ2) is 12.2. The molecule has 0 atom stereocenters. The number of amides is 4. The van der Waals surface area contributed by atoms with Gasteiger partial charge in [0.15, 0.2) is 0 Å². The number of imide groups is 1. The van der Waals surface area contributed by atoms with E-state index >= 15 is 0 Å². The third kappa shape index (κ3) is 6.60. The molecule has 4 amide bonds. The lowest BCUT2D eigenvalue weighted by Crippen LogP contribution is -2.49. The summed E-state index contributed by atoms with van der Waals surface area (Å²) in [6, 6.07) is 11.1. The molecule has 4 heterocycles. The van der Waals surface area contributed by atoms with E-state index in [1.807, 2.05) is 23.0 Å². The number of carbonyl (C=O) groups excluding carboxylic acids is 3. The molecular weight excluding hydrogens is 591 g/mol. The summed E-state index contributed by atoms with van der Waals surface area (Å²) in [4.78, 5) is 44.7. The molecule has 2 fully saturated rings. The molecule has 0 unspecified atom stereocenters. The van der Waals surface area contributed by atoms with Gasteiger partial charge in [-0.1, -0.05) is 6.07 Å². The Balaban J connectivity index is 1.11. The van der Waals surface area contributed by atoms with Crippen LogP contribution in [0.25, 0.3) is 10.9 Å². The van der Waals surface area contributed by atoms with Crippen LogP contribution in [0.5, 0.6) is 5.75 Å². The Morgan fingerprint density at radius 3 is 2.62 bits per heavy atom. The fourth-order valence-corrected chi connectivity index (χ4v) is 5.65. The number of rotatable bonds is 7. The maximum absolute atomic E-state index is 13.1. The molecule has 0 bridgehead atoms. The van der Waals surface area contributed by atoms with Gasteiger partial charge in [0.25, 0.3) is 5.91 Å². The van der Waals surface area contributed by atoms with Gasteiger partial charge in [-0.3, -0.25) is 29.4 Å². The van der Waals surface area contributed by atoms with Crippen molar-refractivity contribution < 1.29 is 32.3 Å². The lowest BCUT2D eigenvalue weighted by Gasteiger charge is -2.32. The average molecular weight is 622 g/mol. The molecule has 4 aromatic rings. The first kappa shape index (κ1) is 30.1. The van der Waals surface area contributed by atoms with Crippen molar-refractivity contribution in [2.45, 2.75) is 38.0 Å². The summed E-state index contributed by atoms with van der Waals surface area (Å²) in [6.07, 6.45) is 0.934. The molecule has 11 nitrogen and oxygen atoms in total. The predicted molar refractivity (Wildman–Crippen MR) is 159 cm³/mol. The number of hydrogen-bond acceptors (Lipinski definition) is 7. The van der Waals surface area contributed by atoms with Crippen LogP contribution in [0.15, 0.2) is 60.9 Å². The highest BCUT2D eigenvalue weighted by Crippen LogP contribution is 2.33. The fraction of sp³-hybridized carbons (Fsp3) is 0.323. The number of methoxy groups -OCH3 is 1. The van der Waals surface area contributed by atoms with Crippen molar-refractivity contribution in [2.75, 3.05) is 37.0 Å². The summed E-state index contributed by atoms with van der Waals surface area (Å²) in [5.41, 5.74) is 0.984. The van der Waals surface area contributed by atoms with Gasteiger partial charge in [0.1, 0.15) is 11.6 Å². The molecule has 45 heavy (non-hydrogen) atoms. The number of nitrogens with zero attached hydrogens (tertiary/aromatic N) is 5. The molecule has 2 aliphatic heterocycles. The van der Waals surface area contributed by atoms with Gasteiger partial charge >= 0.3 is 12.2 Å². The molecule has 0 radical (unpaired) electrons. The Bertz CT molecular complexity index is 1770. The van der Waals surface area contributed by atoms with Gasteiger partial charge in [-0.25, -0.2) is 9.78 Å². The number of urea groups is 1. The zero-order valence-corrected chi connectivity index (χ0v) is 24.3. The van der Waals surface area contributed by atoms with Crippen molar-refractivity contribution in [3.63, 3.8) is 0 Å². The van der Waals surface area contributed by atoms with E-state index in [1.54, 1.807) is 18.3 Å². The van der Waals surface area contributed by atoms with Crippen LogP contribution in [-0.2, 0) is 17.5 Å². The molecule has 14 heteroatoms. The van der Waals surface area contributed by atoms with Gasteiger partial charge in [-0.15, -0.1) is 0 Å². The van der Waals surface area contributed by atoms with E-state index in [-0.39, 0.29) is 23.9 Å². The van der Waals surface area contributed by atoms with E-state index in [1.165, 1.54) is 24.1 Å². The highest BCUT2D eigenvalue weighted by Gasteiger charge is 2.31. The van der Waals surface area contributed by atoms with Crippen LogP contribution in [0.1, 0.15) is 46.8 Å². The first-order chi connectivity index (χ1) is 21.6. The monoisotopic (exact) mass is 621 g/mol. The van der Waals surface area contributed by atoms with E-state index in [2.05, 4.69) is 20.5 Å². The largest absolute Gasteiger partial charge is 0.494 e. The number of ether oxygens (including phenoxy) is 1. The Hall–Kier alpha value is -4.98. The van der Waals surface area contributed by atoms with Crippen molar-refractivity contribution >= 4 is 40.3 Å². The molecule has 234 valence electrons. The number of likely N-dealkylation sites (tertiary alicyclic amines) is 1. The molecule has 2 aliphatic rings. The predicted octanol–water partition coefficient (Wildman–Crippen LogP) is 4.99. The van der Waals surface area contributed by atoms with E-state index in [0.717, 1.165) is 49.0 Å². The van der Waals surface area contributed by atoms with Crippen LogP contribution in [0, 0.1) is 0 Å². The van der Waals surface area contributed by atoms with Gasteiger partial charge < -0.3 is 10.1 Å². The normalized spacial score (nSPS) is 16.6. The Kier molecular flexibility index (Phi) is 8.14. The first-order valence-electron chi connectivity index (χ1n) is 14.4. The van der Waals surface area contributed by atoms with Crippen molar-refractivity contribution in [1.29, 1.82) is 0 Å². The Morgan fingerprint density at radius 2 is 1.89 bits per heavy atom. The lowest BCUT2D eigenvalue weighted by atomic mass is 10.0. The van der Waals surface area contributed by atoms with Gasteiger partial charge in [0, 0.05) is 62.0 Å². The smallest absolute Gasteiger partial charge is 0.416 e. The quantitative estimate of drug-likeness (QED) is 0.298. The van der Waals surface area contributed by atoms with Crippen LogP contribution in [0.3, 0.4) is 0 Å². The summed E-state index contributed by atoms with van der Waals surface area (Å²) in [5, 5.41) is 10.5. The number of nitrogens with one attached hydrogen (secondary N) is 2. The SMILES string of the molecule is COc1cc2nn(C3CCN(Cc4ccnc(N5CCC(=O)NC5=O)c4)CC3)cc2cc1NC(=O)c1cccc(C(F)(F)F)c1. The van der Waals surface area contributed by atoms with E-state index < -0.39 is 23.7 Å². The molecule has 0 saturated carbocycles. The molecule has 2 N–H and O–H groups in total. The van der Waals surface area contributed by atoms with Crippen LogP contribution in [0.2, 0.25) is 0 Å². The third-order valence-electron chi connectivity index (χ3n) is 8.02. The molecule has 2 aromatic heterocycles. The minimum Gasteiger partial charge on any atom is -0.494 e.